The first-order chi connectivity index (χ1) is 13.8. The van der Waals surface area contributed by atoms with E-state index in [4.69, 9.17) is 25.8 Å². The number of nitrogens with zero attached hydrogens (tertiary/aromatic N) is 3. The summed E-state index contributed by atoms with van der Waals surface area (Å²) in [6.07, 6.45) is 0.661. The summed E-state index contributed by atoms with van der Waals surface area (Å²) in [6, 6.07) is 9.05. The summed E-state index contributed by atoms with van der Waals surface area (Å²) in [5.74, 6) is -0.775. The topological polar surface area (TPSA) is 78.6 Å². The Balaban J connectivity index is 1.53. The Morgan fingerprint density at radius 1 is 1.10 bits per heavy atom. The molecule has 2 aliphatic rings. The molecule has 5 rings (SSSR count). The predicted octanol–water partition coefficient (Wildman–Crippen LogP) is 3.54. The molecule has 1 N–H and O–H groups in total. The van der Waals surface area contributed by atoms with Gasteiger partial charge in [0.25, 0.3) is 0 Å². The number of fused-ring (bicyclic) bond motifs is 2. The lowest BCUT2D eigenvalue weighted by Gasteiger charge is -2.27. The van der Waals surface area contributed by atoms with Gasteiger partial charge in [-0.2, -0.15) is 0 Å². The second-order valence-corrected chi connectivity index (χ2v) is 8.41. The van der Waals surface area contributed by atoms with Gasteiger partial charge in [0, 0.05) is 16.6 Å². The average molecular weight is 416 g/mol. The third-order valence-electron chi connectivity index (χ3n) is 5.57. The van der Waals surface area contributed by atoms with Crippen LogP contribution in [0.2, 0.25) is 5.02 Å². The number of aliphatic hydroxyl groups excluding tert-OH is 1. The number of hydrogen-bond donors (Lipinski definition) is 1. The Morgan fingerprint density at radius 2 is 1.83 bits per heavy atom. The quantitative estimate of drug-likeness (QED) is 0.704. The van der Waals surface area contributed by atoms with Crippen LogP contribution in [0.15, 0.2) is 42.9 Å². The molecule has 1 aromatic carbocycles. The molecule has 0 radical (unpaired) electrons. The smallest absolute Gasteiger partial charge is 0.164 e. The van der Waals surface area contributed by atoms with Crippen LogP contribution in [0.1, 0.15) is 37.4 Å². The molecule has 0 spiro atoms. The van der Waals surface area contributed by atoms with Crippen molar-refractivity contribution in [2.45, 2.75) is 57.2 Å². The van der Waals surface area contributed by atoms with Crippen LogP contribution in [0, 0.1) is 6.92 Å². The van der Waals surface area contributed by atoms with E-state index < -0.39 is 30.3 Å². The second kappa shape index (κ2) is 6.75. The molecular formula is C21H22ClN3O4. The van der Waals surface area contributed by atoms with Crippen molar-refractivity contribution in [1.29, 1.82) is 0 Å². The van der Waals surface area contributed by atoms with E-state index in [1.807, 2.05) is 37.6 Å². The zero-order valence-electron chi connectivity index (χ0n) is 16.3. The first-order valence-corrected chi connectivity index (χ1v) is 9.95. The summed E-state index contributed by atoms with van der Waals surface area (Å²) >= 11 is 5.99. The van der Waals surface area contributed by atoms with Gasteiger partial charge in [0.15, 0.2) is 12.0 Å². The number of rotatable bonds is 3. The maximum absolute atomic E-state index is 11.1. The molecule has 3 aromatic rings. The van der Waals surface area contributed by atoms with Crippen molar-refractivity contribution in [3.05, 3.63) is 59.1 Å². The number of aliphatic hydroxyl groups is 1. The highest BCUT2D eigenvalue weighted by Gasteiger charge is 2.58. The zero-order valence-corrected chi connectivity index (χ0v) is 17.1. The summed E-state index contributed by atoms with van der Waals surface area (Å²) in [7, 11) is 0. The van der Waals surface area contributed by atoms with Crippen LogP contribution in [0.25, 0.3) is 11.0 Å². The van der Waals surface area contributed by atoms with Gasteiger partial charge in [-0.1, -0.05) is 23.7 Å². The highest BCUT2D eigenvalue weighted by Crippen LogP contribution is 2.47. The molecule has 152 valence electrons. The normalized spacial score (nSPS) is 29.3. The maximum atomic E-state index is 11.1. The molecule has 0 amide bonds. The number of ether oxygens (including phenoxy) is 3. The minimum atomic E-state index is -0.888. The molecule has 0 bridgehead atoms. The van der Waals surface area contributed by atoms with Gasteiger partial charge in [0.05, 0.1) is 5.69 Å². The van der Waals surface area contributed by atoms with E-state index in [9.17, 15) is 5.11 Å². The van der Waals surface area contributed by atoms with Gasteiger partial charge in [0.1, 0.15) is 36.4 Å². The van der Waals surface area contributed by atoms with E-state index in [1.165, 1.54) is 6.33 Å². The number of aryl methyl sites for hydroxylation is 1. The molecule has 1 unspecified atom stereocenters. The first kappa shape index (κ1) is 19.0. The van der Waals surface area contributed by atoms with E-state index in [0.29, 0.717) is 10.6 Å². The van der Waals surface area contributed by atoms with Gasteiger partial charge >= 0.3 is 0 Å². The fourth-order valence-corrected chi connectivity index (χ4v) is 4.36. The van der Waals surface area contributed by atoms with Gasteiger partial charge < -0.3 is 23.9 Å². The van der Waals surface area contributed by atoms with Crippen molar-refractivity contribution in [1.82, 2.24) is 14.5 Å². The first-order valence-electron chi connectivity index (χ1n) is 9.57. The highest BCUT2D eigenvalue weighted by atomic mass is 35.5. The minimum absolute atomic E-state index is 0.386. The Labute approximate surface area is 173 Å². The van der Waals surface area contributed by atoms with E-state index >= 15 is 0 Å². The highest BCUT2D eigenvalue weighted by molar-refractivity contribution is 6.30. The Morgan fingerprint density at radius 3 is 2.59 bits per heavy atom. The molecular weight excluding hydrogens is 394 g/mol. The van der Waals surface area contributed by atoms with Crippen LogP contribution >= 0.6 is 11.6 Å². The van der Waals surface area contributed by atoms with E-state index in [1.54, 1.807) is 24.3 Å². The number of hydrogen-bond acceptors (Lipinski definition) is 6. The zero-order chi connectivity index (χ0) is 20.3. The summed E-state index contributed by atoms with van der Waals surface area (Å²) in [5.41, 5.74) is 2.36. The maximum Gasteiger partial charge on any atom is 0.164 e. The molecule has 0 aliphatic carbocycles. The van der Waals surface area contributed by atoms with Gasteiger partial charge in [0.2, 0.25) is 0 Å². The lowest BCUT2D eigenvalue weighted by atomic mass is 9.99. The molecule has 4 heterocycles. The Kier molecular flexibility index (Phi) is 4.42. The summed E-state index contributed by atoms with van der Waals surface area (Å²) in [4.78, 5) is 8.69. The van der Waals surface area contributed by atoms with Crippen molar-refractivity contribution in [3.63, 3.8) is 0 Å². The van der Waals surface area contributed by atoms with Gasteiger partial charge in [-0.3, -0.25) is 0 Å². The van der Waals surface area contributed by atoms with Gasteiger partial charge in [-0.05, 0) is 44.5 Å². The summed E-state index contributed by atoms with van der Waals surface area (Å²) in [6.45, 7) is 5.68. The van der Waals surface area contributed by atoms with Crippen molar-refractivity contribution < 1.29 is 19.3 Å². The van der Waals surface area contributed by atoms with E-state index in [-0.39, 0.29) is 6.10 Å². The Hall–Kier alpha value is -2.03. The lowest BCUT2D eigenvalue weighted by Crippen LogP contribution is -2.34. The van der Waals surface area contributed by atoms with Crippen molar-refractivity contribution in [2.24, 2.45) is 0 Å². The van der Waals surface area contributed by atoms with Crippen molar-refractivity contribution in [2.75, 3.05) is 0 Å². The van der Waals surface area contributed by atoms with Crippen LogP contribution in [-0.4, -0.2) is 43.7 Å². The molecule has 29 heavy (non-hydrogen) atoms. The molecule has 2 aliphatic heterocycles. The molecule has 2 fully saturated rings. The van der Waals surface area contributed by atoms with Gasteiger partial charge in [-0.15, -0.1) is 0 Å². The minimum Gasteiger partial charge on any atom is -0.386 e. The second-order valence-electron chi connectivity index (χ2n) is 7.97. The Bertz CT molecular complexity index is 1050. The summed E-state index contributed by atoms with van der Waals surface area (Å²) in [5, 5.41) is 12.6. The average Bonchev–Trinajstić information content (AvgIpc) is 3.33. The van der Waals surface area contributed by atoms with Crippen LogP contribution < -0.4 is 0 Å². The third kappa shape index (κ3) is 3.14. The van der Waals surface area contributed by atoms with Crippen molar-refractivity contribution in [3.8, 4) is 0 Å². The fraction of sp³-hybridized carbons (Fsp3) is 0.429. The van der Waals surface area contributed by atoms with Crippen LogP contribution in [0.5, 0.6) is 0 Å². The van der Waals surface area contributed by atoms with Crippen molar-refractivity contribution >= 4 is 22.6 Å². The molecule has 5 atom stereocenters. The standard InChI is InChI=1S/C21H22ClN3O4/c1-11-14-8-9-25(19(14)24-10-23-11)20-18-17(28-21(2,3)29-18)16(27-20)15(26)12-4-6-13(22)7-5-12/h4-10,15-18,20,26H,1-3H3/t15?,16-,17-,18-,20-/m1/s1. The molecule has 8 heteroatoms. The lowest BCUT2D eigenvalue weighted by molar-refractivity contribution is -0.207. The number of aromatic nitrogens is 3. The van der Waals surface area contributed by atoms with E-state index in [2.05, 4.69) is 9.97 Å². The number of halogens is 1. The third-order valence-corrected chi connectivity index (χ3v) is 5.82. The van der Waals surface area contributed by atoms with Crippen LogP contribution in [-0.2, 0) is 14.2 Å². The SMILES string of the molecule is Cc1ncnc2c1ccn2[C@@H]1O[C@H](C(O)c2ccc(Cl)cc2)[C@H]2OC(C)(C)O[C@H]21. The molecule has 7 nitrogen and oxygen atoms in total. The summed E-state index contributed by atoms with van der Waals surface area (Å²) < 4.78 is 20.6. The fourth-order valence-electron chi connectivity index (χ4n) is 4.24. The molecule has 0 saturated carbocycles. The van der Waals surface area contributed by atoms with E-state index in [0.717, 1.165) is 16.7 Å². The number of benzene rings is 1. The van der Waals surface area contributed by atoms with Crippen LogP contribution in [0.3, 0.4) is 0 Å². The predicted molar refractivity (Wildman–Crippen MR) is 106 cm³/mol. The largest absolute Gasteiger partial charge is 0.386 e. The monoisotopic (exact) mass is 415 g/mol. The molecule has 2 aromatic heterocycles. The molecule has 2 saturated heterocycles. The van der Waals surface area contributed by atoms with Crippen LogP contribution in [0.4, 0.5) is 0 Å². The van der Waals surface area contributed by atoms with Gasteiger partial charge in [-0.25, -0.2) is 9.97 Å².